The average molecular weight is 266 g/mol. The Morgan fingerprint density at radius 3 is 2.45 bits per heavy atom. The van der Waals surface area contributed by atoms with Crippen molar-refractivity contribution in [3.63, 3.8) is 0 Å². The van der Waals surface area contributed by atoms with Crippen molar-refractivity contribution in [3.8, 4) is 11.1 Å². The summed E-state index contributed by atoms with van der Waals surface area (Å²) in [5.74, 6) is 0.619. The van der Waals surface area contributed by atoms with Crippen LogP contribution in [0.3, 0.4) is 0 Å². The zero-order valence-electron chi connectivity index (χ0n) is 12.0. The third kappa shape index (κ3) is 2.49. The number of hydrogen-bond donors (Lipinski definition) is 1. The summed E-state index contributed by atoms with van der Waals surface area (Å²) in [7, 11) is 2.21. The second-order valence-corrected chi connectivity index (χ2v) is 5.75. The first-order valence-corrected chi connectivity index (χ1v) is 7.34. The molecule has 1 heterocycles. The summed E-state index contributed by atoms with van der Waals surface area (Å²) in [4.78, 5) is 2.44. The predicted octanol–water partition coefficient (Wildman–Crippen LogP) is 3.31. The van der Waals surface area contributed by atoms with Crippen molar-refractivity contribution in [3.05, 3.63) is 60.2 Å². The van der Waals surface area contributed by atoms with Crippen molar-refractivity contribution in [2.24, 2.45) is 11.7 Å². The molecule has 1 aliphatic heterocycles. The molecule has 2 aromatic carbocycles. The van der Waals surface area contributed by atoms with Crippen molar-refractivity contribution in [2.75, 3.05) is 20.1 Å². The van der Waals surface area contributed by atoms with E-state index in [1.54, 1.807) is 0 Å². The molecule has 2 aromatic rings. The molecule has 0 radical (unpaired) electrons. The molecule has 0 saturated carbocycles. The highest BCUT2D eigenvalue weighted by molar-refractivity contribution is 5.68. The Balaban J connectivity index is 1.99. The highest BCUT2D eigenvalue weighted by Gasteiger charge is 2.30. The van der Waals surface area contributed by atoms with Crippen LogP contribution in [0.5, 0.6) is 0 Å². The fourth-order valence-electron chi connectivity index (χ4n) is 3.31. The highest BCUT2D eigenvalue weighted by Crippen LogP contribution is 2.38. The fourth-order valence-corrected chi connectivity index (χ4v) is 3.31. The standard InChI is InChI=1S/C18H22N2/c1-20-13-14(12-19)11-18(20)17-10-6-5-9-16(17)15-7-3-2-4-8-15/h2-10,14,18H,11-13,19H2,1H3. The fraction of sp³-hybridized carbons (Fsp3) is 0.333. The molecule has 0 bridgehead atoms. The predicted molar refractivity (Wildman–Crippen MR) is 84.4 cm³/mol. The molecule has 0 spiro atoms. The summed E-state index contributed by atoms with van der Waals surface area (Å²) in [6.45, 7) is 1.89. The third-order valence-electron chi connectivity index (χ3n) is 4.37. The Bertz CT molecular complexity index is 565. The summed E-state index contributed by atoms with van der Waals surface area (Å²) >= 11 is 0. The Morgan fingerprint density at radius 2 is 1.75 bits per heavy atom. The maximum absolute atomic E-state index is 5.86. The first-order valence-electron chi connectivity index (χ1n) is 7.34. The van der Waals surface area contributed by atoms with E-state index in [9.17, 15) is 0 Å². The minimum atomic E-state index is 0.486. The lowest BCUT2D eigenvalue weighted by Crippen LogP contribution is -2.20. The molecule has 3 rings (SSSR count). The molecule has 2 nitrogen and oxygen atoms in total. The van der Waals surface area contributed by atoms with E-state index in [0.717, 1.165) is 19.5 Å². The molecule has 2 atom stereocenters. The maximum Gasteiger partial charge on any atom is 0.0354 e. The lowest BCUT2D eigenvalue weighted by molar-refractivity contribution is 0.314. The molecule has 1 saturated heterocycles. The summed E-state index contributed by atoms with van der Waals surface area (Å²) in [5, 5.41) is 0. The third-order valence-corrected chi connectivity index (χ3v) is 4.37. The van der Waals surface area contributed by atoms with Gasteiger partial charge in [0.2, 0.25) is 0 Å². The van der Waals surface area contributed by atoms with Crippen LogP contribution < -0.4 is 5.73 Å². The molecule has 20 heavy (non-hydrogen) atoms. The van der Waals surface area contributed by atoms with E-state index in [0.29, 0.717) is 12.0 Å². The van der Waals surface area contributed by atoms with Gasteiger partial charge in [-0.15, -0.1) is 0 Å². The molecular weight excluding hydrogens is 244 g/mol. The number of nitrogens with two attached hydrogens (primary N) is 1. The van der Waals surface area contributed by atoms with Gasteiger partial charge in [0, 0.05) is 12.6 Å². The molecule has 0 aromatic heterocycles. The molecule has 104 valence electrons. The van der Waals surface area contributed by atoms with Gasteiger partial charge < -0.3 is 5.73 Å². The SMILES string of the molecule is CN1CC(CN)CC1c1ccccc1-c1ccccc1. The normalized spacial score (nSPS) is 23.1. The lowest BCUT2D eigenvalue weighted by atomic mass is 9.92. The van der Waals surface area contributed by atoms with Crippen LogP contribution in [0.2, 0.25) is 0 Å². The van der Waals surface area contributed by atoms with Crippen LogP contribution in [0.15, 0.2) is 54.6 Å². The summed E-state index contributed by atoms with van der Waals surface area (Å²) < 4.78 is 0. The van der Waals surface area contributed by atoms with Gasteiger partial charge in [-0.3, -0.25) is 4.90 Å². The van der Waals surface area contributed by atoms with Gasteiger partial charge in [-0.05, 0) is 42.6 Å². The molecule has 2 N–H and O–H groups in total. The summed E-state index contributed by atoms with van der Waals surface area (Å²) in [6, 6.07) is 19.9. The Labute approximate surface area is 121 Å². The Hall–Kier alpha value is -1.64. The molecule has 2 heteroatoms. The molecule has 1 aliphatic rings. The highest BCUT2D eigenvalue weighted by atomic mass is 15.2. The maximum atomic E-state index is 5.86. The van der Waals surface area contributed by atoms with Crippen LogP contribution in [0.4, 0.5) is 0 Å². The van der Waals surface area contributed by atoms with E-state index in [1.807, 2.05) is 0 Å². The van der Waals surface area contributed by atoms with Crippen LogP contribution in [0, 0.1) is 5.92 Å². The largest absolute Gasteiger partial charge is 0.330 e. The van der Waals surface area contributed by atoms with Crippen LogP contribution >= 0.6 is 0 Å². The zero-order chi connectivity index (χ0) is 13.9. The van der Waals surface area contributed by atoms with Crippen LogP contribution in [0.1, 0.15) is 18.0 Å². The summed E-state index contributed by atoms with van der Waals surface area (Å²) in [5.41, 5.74) is 9.94. The van der Waals surface area contributed by atoms with Gasteiger partial charge in [0.1, 0.15) is 0 Å². The summed E-state index contributed by atoms with van der Waals surface area (Å²) in [6.07, 6.45) is 1.16. The van der Waals surface area contributed by atoms with Gasteiger partial charge in [-0.1, -0.05) is 54.6 Å². The van der Waals surface area contributed by atoms with Crippen LogP contribution in [0.25, 0.3) is 11.1 Å². The van der Waals surface area contributed by atoms with Gasteiger partial charge in [-0.2, -0.15) is 0 Å². The van der Waals surface area contributed by atoms with E-state index < -0.39 is 0 Å². The van der Waals surface area contributed by atoms with E-state index in [1.165, 1.54) is 16.7 Å². The van der Waals surface area contributed by atoms with Crippen molar-refractivity contribution in [1.29, 1.82) is 0 Å². The monoisotopic (exact) mass is 266 g/mol. The van der Waals surface area contributed by atoms with Crippen LogP contribution in [-0.2, 0) is 0 Å². The van der Waals surface area contributed by atoms with Gasteiger partial charge in [-0.25, -0.2) is 0 Å². The van der Waals surface area contributed by atoms with E-state index >= 15 is 0 Å². The topological polar surface area (TPSA) is 29.3 Å². The number of benzene rings is 2. The Kier molecular flexibility index (Phi) is 3.86. The smallest absolute Gasteiger partial charge is 0.0354 e. The first kappa shape index (κ1) is 13.3. The number of rotatable bonds is 3. The van der Waals surface area contributed by atoms with Crippen LogP contribution in [-0.4, -0.2) is 25.0 Å². The molecule has 0 aliphatic carbocycles. The average Bonchev–Trinajstić information content (AvgIpc) is 2.89. The molecular formula is C18H22N2. The van der Waals surface area contributed by atoms with Gasteiger partial charge >= 0.3 is 0 Å². The second-order valence-electron chi connectivity index (χ2n) is 5.75. The van der Waals surface area contributed by atoms with E-state index in [4.69, 9.17) is 5.73 Å². The van der Waals surface area contributed by atoms with Crippen molar-refractivity contribution in [2.45, 2.75) is 12.5 Å². The Morgan fingerprint density at radius 1 is 1.05 bits per heavy atom. The minimum Gasteiger partial charge on any atom is -0.330 e. The van der Waals surface area contributed by atoms with Crippen molar-refractivity contribution >= 4 is 0 Å². The van der Waals surface area contributed by atoms with Gasteiger partial charge in [0.05, 0.1) is 0 Å². The minimum absolute atomic E-state index is 0.486. The first-order chi connectivity index (χ1) is 9.79. The van der Waals surface area contributed by atoms with Crippen molar-refractivity contribution < 1.29 is 0 Å². The van der Waals surface area contributed by atoms with E-state index in [-0.39, 0.29) is 0 Å². The van der Waals surface area contributed by atoms with E-state index in [2.05, 4.69) is 66.5 Å². The number of nitrogens with zero attached hydrogens (tertiary/aromatic N) is 1. The van der Waals surface area contributed by atoms with Crippen molar-refractivity contribution in [1.82, 2.24) is 4.90 Å². The number of hydrogen-bond acceptors (Lipinski definition) is 2. The molecule has 2 unspecified atom stereocenters. The van der Waals surface area contributed by atoms with Gasteiger partial charge in [0.25, 0.3) is 0 Å². The lowest BCUT2D eigenvalue weighted by Gasteiger charge is -2.22. The zero-order valence-corrected chi connectivity index (χ0v) is 12.0. The molecule has 1 fully saturated rings. The quantitative estimate of drug-likeness (QED) is 0.923. The molecule has 0 amide bonds. The second kappa shape index (κ2) is 5.78. The van der Waals surface area contributed by atoms with Gasteiger partial charge in [0.15, 0.2) is 0 Å². The number of likely N-dealkylation sites (tertiary alicyclic amines) is 1.